The molecule has 0 spiro atoms. The van der Waals surface area contributed by atoms with Crippen molar-refractivity contribution in [2.75, 3.05) is 5.32 Å². The van der Waals surface area contributed by atoms with Crippen molar-refractivity contribution in [1.29, 1.82) is 0 Å². The van der Waals surface area contributed by atoms with Crippen LogP contribution < -0.4 is 5.32 Å². The molecule has 1 heteroatoms. The first-order valence-corrected chi connectivity index (χ1v) is 7.69. The lowest BCUT2D eigenvalue weighted by Gasteiger charge is -2.40. The van der Waals surface area contributed by atoms with E-state index in [-0.39, 0.29) is 0 Å². The van der Waals surface area contributed by atoms with Gasteiger partial charge in [0, 0.05) is 11.7 Å². The molecular weight excluding hydrogens is 230 g/mol. The Kier molecular flexibility index (Phi) is 2.75. The summed E-state index contributed by atoms with van der Waals surface area (Å²) < 4.78 is 0. The van der Waals surface area contributed by atoms with E-state index in [1.54, 1.807) is 0 Å². The van der Waals surface area contributed by atoms with E-state index in [9.17, 15) is 0 Å². The molecule has 2 bridgehead atoms. The van der Waals surface area contributed by atoms with Crippen LogP contribution in [0.1, 0.15) is 51.2 Å². The second-order valence-corrected chi connectivity index (χ2v) is 7.55. The van der Waals surface area contributed by atoms with Gasteiger partial charge in [-0.05, 0) is 67.1 Å². The molecule has 0 amide bonds. The third-order valence-electron chi connectivity index (χ3n) is 6.73. The van der Waals surface area contributed by atoms with Crippen LogP contribution in [-0.2, 0) is 0 Å². The van der Waals surface area contributed by atoms with Gasteiger partial charge in [0.05, 0.1) is 0 Å². The van der Waals surface area contributed by atoms with E-state index < -0.39 is 0 Å². The Bertz CT molecular complexity index is 502. The Labute approximate surface area is 117 Å². The standard InChI is InChI=1S/C18H27N/c1-12-7-6-8-15(13(12)2)19-16-11-14-9-10-18(16,5)17(14,3)4/h6-8,14,16,19H,9-11H2,1-5H3. The van der Waals surface area contributed by atoms with Gasteiger partial charge in [0.15, 0.2) is 0 Å². The van der Waals surface area contributed by atoms with Crippen LogP contribution in [0, 0.1) is 30.6 Å². The number of hydrogen-bond donors (Lipinski definition) is 1. The molecule has 0 radical (unpaired) electrons. The van der Waals surface area contributed by atoms with Gasteiger partial charge < -0.3 is 5.32 Å². The summed E-state index contributed by atoms with van der Waals surface area (Å²) in [6.45, 7) is 11.9. The Hall–Kier alpha value is -0.980. The van der Waals surface area contributed by atoms with Gasteiger partial charge in [0.25, 0.3) is 0 Å². The zero-order valence-electron chi connectivity index (χ0n) is 13.0. The van der Waals surface area contributed by atoms with Crippen molar-refractivity contribution < 1.29 is 0 Å². The molecule has 1 N–H and O–H groups in total. The Morgan fingerprint density at radius 1 is 1.16 bits per heavy atom. The fraction of sp³-hybridized carbons (Fsp3) is 0.667. The lowest BCUT2D eigenvalue weighted by molar-refractivity contribution is 0.142. The van der Waals surface area contributed by atoms with Crippen molar-refractivity contribution >= 4 is 5.69 Å². The van der Waals surface area contributed by atoms with Crippen LogP contribution in [0.5, 0.6) is 0 Å². The van der Waals surface area contributed by atoms with Crippen molar-refractivity contribution in [2.45, 2.75) is 59.9 Å². The highest BCUT2D eigenvalue weighted by molar-refractivity contribution is 5.55. The third-order valence-corrected chi connectivity index (χ3v) is 6.73. The van der Waals surface area contributed by atoms with E-state index in [0.717, 1.165) is 5.92 Å². The van der Waals surface area contributed by atoms with Gasteiger partial charge in [-0.3, -0.25) is 0 Å². The predicted octanol–water partition coefficient (Wildman–Crippen LogP) is 4.93. The minimum Gasteiger partial charge on any atom is -0.382 e. The highest BCUT2D eigenvalue weighted by Gasteiger charge is 2.61. The smallest absolute Gasteiger partial charge is 0.0374 e. The lowest BCUT2D eigenvalue weighted by Crippen LogP contribution is -2.40. The van der Waals surface area contributed by atoms with E-state index in [1.807, 2.05) is 0 Å². The maximum Gasteiger partial charge on any atom is 0.0374 e. The molecule has 3 rings (SSSR count). The summed E-state index contributed by atoms with van der Waals surface area (Å²) in [5.74, 6) is 0.903. The van der Waals surface area contributed by atoms with Crippen molar-refractivity contribution in [2.24, 2.45) is 16.7 Å². The van der Waals surface area contributed by atoms with Crippen LogP contribution in [-0.4, -0.2) is 6.04 Å². The zero-order valence-corrected chi connectivity index (χ0v) is 13.0. The largest absolute Gasteiger partial charge is 0.382 e. The molecule has 0 saturated heterocycles. The molecule has 2 aliphatic rings. The van der Waals surface area contributed by atoms with Gasteiger partial charge in [-0.15, -0.1) is 0 Å². The average molecular weight is 257 g/mol. The van der Waals surface area contributed by atoms with Gasteiger partial charge in [-0.25, -0.2) is 0 Å². The first kappa shape index (κ1) is 13.0. The van der Waals surface area contributed by atoms with Gasteiger partial charge >= 0.3 is 0 Å². The molecule has 2 fully saturated rings. The minimum absolute atomic E-state index is 0.452. The summed E-state index contributed by atoms with van der Waals surface area (Å²) in [5, 5.41) is 3.88. The number of hydrogen-bond acceptors (Lipinski definition) is 1. The summed E-state index contributed by atoms with van der Waals surface area (Å²) in [5.41, 5.74) is 5.08. The van der Waals surface area contributed by atoms with Crippen molar-refractivity contribution in [3.8, 4) is 0 Å². The summed E-state index contributed by atoms with van der Waals surface area (Å²) in [6.07, 6.45) is 4.15. The van der Waals surface area contributed by atoms with Gasteiger partial charge in [0.2, 0.25) is 0 Å². The van der Waals surface area contributed by atoms with E-state index in [2.05, 4.69) is 58.1 Å². The van der Waals surface area contributed by atoms with Gasteiger partial charge in [0.1, 0.15) is 0 Å². The van der Waals surface area contributed by atoms with Crippen LogP contribution in [0.3, 0.4) is 0 Å². The summed E-state index contributed by atoms with van der Waals surface area (Å²) in [7, 11) is 0. The Morgan fingerprint density at radius 3 is 2.47 bits per heavy atom. The van der Waals surface area contributed by atoms with Crippen LogP contribution in [0.2, 0.25) is 0 Å². The molecular formula is C18H27N. The number of fused-ring (bicyclic) bond motifs is 2. The number of aryl methyl sites for hydroxylation is 1. The van der Waals surface area contributed by atoms with E-state index >= 15 is 0 Å². The maximum atomic E-state index is 3.88. The highest BCUT2D eigenvalue weighted by atomic mass is 15.0. The second-order valence-electron chi connectivity index (χ2n) is 7.55. The number of anilines is 1. The number of nitrogens with one attached hydrogen (secondary N) is 1. The van der Waals surface area contributed by atoms with Crippen LogP contribution in [0.15, 0.2) is 18.2 Å². The fourth-order valence-corrected chi connectivity index (χ4v) is 4.52. The molecule has 2 saturated carbocycles. The van der Waals surface area contributed by atoms with Gasteiger partial charge in [-0.2, -0.15) is 0 Å². The second kappa shape index (κ2) is 4.01. The molecule has 1 nitrogen and oxygen atoms in total. The Balaban J connectivity index is 1.88. The fourth-order valence-electron chi connectivity index (χ4n) is 4.52. The van der Waals surface area contributed by atoms with Crippen molar-refractivity contribution in [3.05, 3.63) is 29.3 Å². The molecule has 1 aromatic carbocycles. The summed E-state index contributed by atoms with van der Waals surface area (Å²) in [6, 6.07) is 7.25. The molecule has 19 heavy (non-hydrogen) atoms. The van der Waals surface area contributed by atoms with E-state index in [1.165, 1.54) is 36.1 Å². The van der Waals surface area contributed by atoms with E-state index in [0.29, 0.717) is 16.9 Å². The lowest BCUT2D eigenvalue weighted by atomic mass is 9.69. The quantitative estimate of drug-likeness (QED) is 0.792. The molecule has 0 aliphatic heterocycles. The third kappa shape index (κ3) is 1.67. The SMILES string of the molecule is Cc1cccc(NC2CC3CCC2(C)C3(C)C)c1C. The van der Waals surface area contributed by atoms with Crippen LogP contribution >= 0.6 is 0 Å². The molecule has 0 aromatic heterocycles. The van der Waals surface area contributed by atoms with Crippen molar-refractivity contribution in [3.63, 3.8) is 0 Å². The molecule has 3 atom stereocenters. The molecule has 3 unspecified atom stereocenters. The number of rotatable bonds is 2. The minimum atomic E-state index is 0.452. The van der Waals surface area contributed by atoms with E-state index in [4.69, 9.17) is 0 Å². The molecule has 1 aromatic rings. The Morgan fingerprint density at radius 2 is 1.89 bits per heavy atom. The topological polar surface area (TPSA) is 12.0 Å². The summed E-state index contributed by atoms with van der Waals surface area (Å²) >= 11 is 0. The van der Waals surface area contributed by atoms with Gasteiger partial charge in [-0.1, -0.05) is 32.9 Å². The first-order chi connectivity index (χ1) is 8.86. The number of benzene rings is 1. The first-order valence-electron chi connectivity index (χ1n) is 7.69. The normalized spacial score (nSPS) is 35.6. The maximum absolute atomic E-state index is 3.88. The monoisotopic (exact) mass is 257 g/mol. The van der Waals surface area contributed by atoms with Crippen molar-refractivity contribution in [1.82, 2.24) is 0 Å². The predicted molar refractivity (Wildman–Crippen MR) is 82.6 cm³/mol. The highest BCUT2D eigenvalue weighted by Crippen LogP contribution is 2.65. The molecule has 2 aliphatic carbocycles. The van der Waals surface area contributed by atoms with Crippen LogP contribution in [0.25, 0.3) is 0 Å². The summed E-state index contributed by atoms with van der Waals surface area (Å²) in [4.78, 5) is 0. The zero-order chi connectivity index (χ0) is 13.8. The average Bonchev–Trinajstić information content (AvgIpc) is 2.68. The van der Waals surface area contributed by atoms with Crippen LogP contribution in [0.4, 0.5) is 5.69 Å². The molecule has 0 heterocycles. The molecule has 104 valence electrons.